The SMILES string of the molecule is C#CCOC(=O)c1cccc(C(=O)Oc2c(Br)cc(Br)cc2Br)c1. The molecule has 0 bridgehead atoms. The number of hydrogen-bond acceptors (Lipinski definition) is 4. The first-order valence-electron chi connectivity index (χ1n) is 6.49. The number of ether oxygens (including phenoxy) is 2. The van der Waals surface area contributed by atoms with Gasteiger partial charge in [-0.1, -0.05) is 27.9 Å². The molecule has 4 nitrogen and oxygen atoms in total. The van der Waals surface area contributed by atoms with Crippen LogP contribution in [0.25, 0.3) is 0 Å². The molecular formula is C17H9Br3O4. The van der Waals surface area contributed by atoms with E-state index >= 15 is 0 Å². The minimum atomic E-state index is -0.606. The van der Waals surface area contributed by atoms with Crippen molar-refractivity contribution in [3.8, 4) is 18.1 Å². The molecule has 0 spiro atoms. The van der Waals surface area contributed by atoms with Crippen molar-refractivity contribution in [2.45, 2.75) is 0 Å². The summed E-state index contributed by atoms with van der Waals surface area (Å²) in [7, 11) is 0. The second-order valence-electron chi connectivity index (χ2n) is 4.45. The fourth-order valence-electron chi connectivity index (χ4n) is 1.74. The van der Waals surface area contributed by atoms with Crippen molar-refractivity contribution >= 4 is 59.7 Å². The fourth-order valence-corrected chi connectivity index (χ4v) is 4.16. The lowest BCUT2D eigenvalue weighted by Gasteiger charge is -2.10. The van der Waals surface area contributed by atoms with E-state index in [2.05, 4.69) is 53.7 Å². The molecule has 0 unspecified atom stereocenters. The normalized spacial score (nSPS) is 9.92. The van der Waals surface area contributed by atoms with Crippen molar-refractivity contribution in [3.05, 3.63) is 60.9 Å². The van der Waals surface area contributed by atoms with Gasteiger partial charge in [0, 0.05) is 4.47 Å². The number of terminal acetylenes is 1. The van der Waals surface area contributed by atoms with Gasteiger partial charge in [0.2, 0.25) is 0 Å². The molecular weight excluding hydrogens is 508 g/mol. The number of halogens is 3. The van der Waals surface area contributed by atoms with Crippen LogP contribution in [0.3, 0.4) is 0 Å². The summed E-state index contributed by atoms with van der Waals surface area (Å²) >= 11 is 10.0. The summed E-state index contributed by atoms with van der Waals surface area (Å²) in [5.41, 5.74) is 0.431. The lowest BCUT2D eigenvalue weighted by atomic mass is 10.1. The van der Waals surface area contributed by atoms with Gasteiger partial charge in [-0.05, 0) is 62.2 Å². The summed E-state index contributed by atoms with van der Waals surface area (Å²) in [5.74, 6) is 1.33. The van der Waals surface area contributed by atoms with Gasteiger partial charge in [-0.3, -0.25) is 0 Å². The van der Waals surface area contributed by atoms with Crippen molar-refractivity contribution in [1.29, 1.82) is 0 Å². The first kappa shape index (κ1) is 18.7. The summed E-state index contributed by atoms with van der Waals surface area (Å²) in [6.07, 6.45) is 5.04. The quantitative estimate of drug-likeness (QED) is 0.327. The largest absolute Gasteiger partial charge is 0.449 e. The highest BCUT2D eigenvalue weighted by Gasteiger charge is 2.16. The molecule has 0 saturated heterocycles. The summed E-state index contributed by atoms with van der Waals surface area (Å²) < 4.78 is 12.2. The molecule has 0 aliphatic heterocycles. The van der Waals surface area contributed by atoms with Gasteiger partial charge in [0.1, 0.15) is 0 Å². The van der Waals surface area contributed by atoms with Crippen LogP contribution in [-0.4, -0.2) is 18.5 Å². The Morgan fingerprint density at radius 3 is 2.17 bits per heavy atom. The molecule has 0 aliphatic carbocycles. The van der Waals surface area contributed by atoms with Crippen LogP contribution in [0.2, 0.25) is 0 Å². The Balaban J connectivity index is 2.22. The van der Waals surface area contributed by atoms with Crippen molar-refractivity contribution < 1.29 is 19.1 Å². The third kappa shape index (κ3) is 4.69. The van der Waals surface area contributed by atoms with Gasteiger partial charge in [0.05, 0.1) is 20.1 Å². The first-order valence-corrected chi connectivity index (χ1v) is 8.87. The number of benzene rings is 2. The predicted octanol–water partition coefficient (Wildman–Crippen LogP) is 4.98. The first-order chi connectivity index (χ1) is 11.4. The highest BCUT2D eigenvalue weighted by Crippen LogP contribution is 2.36. The summed E-state index contributed by atoms with van der Waals surface area (Å²) in [4.78, 5) is 24.1. The average Bonchev–Trinajstić information content (AvgIpc) is 2.55. The summed E-state index contributed by atoms with van der Waals surface area (Å²) in [6.45, 7) is -0.133. The maximum atomic E-state index is 12.3. The zero-order valence-corrected chi connectivity index (χ0v) is 16.8. The number of carbonyl (C=O) groups is 2. The Morgan fingerprint density at radius 1 is 1.00 bits per heavy atom. The molecule has 0 atom stereocenters. The zero-order valence-electron chi connectivity index (χ0n) is 12.0. The zero-order chi connectivity index (χ0) is 17.7. The topological polar surface area (TPSA) is 52.6 Å². The standard InChI is InChI=1S/C17H9Br3O4/c1-2-6-23-16(21)10-4-3-5-11(7-10)17(22)24-15-13(19)8-12(18)9-14(15)20/h1,3-5,7-9H,6H2. The second kappa shape index (κ2) is 8.47. The van der Waals surface area contributed by atoms with Crippen molar-refractivity contribution in [2.24, 2.45) is 0 Å². The molecule has 2 aromatic rings. The van der Waals surface area contributed by atoms with Crippen LogP contribution in [0, 0.1) is 12.3 Å². The monoisotopic (exact) mass is 514 g/mol. The highest BCUT2D eigenvalue weighted by molar-refractivity contribution is 9.11. The Hall–Kier alpha value is -1.62. The van der Waals surface area contributed by atoms with E-state index in [0.717, 1.165) is 4.47 Å². The summed E-state index contributed by atoms with van der Waals surface area (Å²) in [5, 5.41) is 0. The Bertz CT molecular complexity index is 817. The number of rotatable bonds is 4. The van der Waals surface area contributed by atoms with E-state index in [1.807, 2.05) is 0 Å². The molecule has 0 fully saturated rings. The Morgan fingerprint density at radius 2 is 1.58 bits per heavy atom. The van der Waals surface area contributed by atoms with E-state index in [4.69, 9.17) is 15.9 Å². The van der Waals surface area contributed by atoms with E-state index in [9.17, 15) is 9.59 Å². The molecule has 0 aromatic heterocycles. The molecule has 0 aliphatic rings. The van der Waals surface area contributed by atoms with Crippen LogP contribution in [0.1, 0.15) is 20.7 Å². The van der Waals surface area contributed by atoms with Crippen LogP contribution in [0.5, 0.6) is 5.75 Å². The molecule has 24 heavy (non-hydrogen) atoms. The van der Waals surface area contributed by atoms with Gasteiger partial charge in [0.25, 0.3) is 0 Å². The van der Waals surface area contributed by atoms with Crippen molar-refractivity contribution in [2.75, 3.05) is 6.61 Å². The Labute approximate surface area is 163 Å². The molecule has 0 amide bonds. The second-order valence-corrected chi connectivity index (χ2v) is 7.07. The van der Waals surface area contributed by atoms with E-state index in [1.54, 1.807) is 24.3 Å². The fraction of sp³-hybridized carbons (Fsp3) is 0.0588. The highest BCUT2D eigenvalue weighted by atomic mass is 79.9. The predicted molar refractivity (Wildman–Crippen MR) is 100 cm³/mol. The van der Waals surface area contributed by atoms with Crippen LogP contribution >= 0.6 is 47.8 Å². The van der Waals surface area contributed by atoms with Crippen LogP contribution in [0.15, 0.2) is 49.8 Å². The van der Waals surface area contributed by atoms with E-state index in [-0.39, 0.29) is 17.7 Å². The molecule has 122 valence electrons. The maximum absolute atomic E-state index is 12.3. The van der Waals surface area contributed by atoms with Gasteiger partial charge >= 0.3 is 11.9 Å². The van der Waals surface area contributed by atoms with Crippen LogP contribution in [0.4, 0.5) is 0 Å². The average molecular weight is 517 g/mol. The summed E-state index contributed by atoms with van der Waals surface area (Å²) in [6, 6.07) is 9.53. The minimum Gasteiger partial charge on any atom is -0.449 e. The van der Waals surface area contributed by atoms with Gasteiger partial charge in [0.15, 0.2) is 12.4 Å². The minimum absolute atomic E-state index is 0.133. The van der Waals surface area contributed by atoms with E-state index < -0.39 is 11.9 Å². The van der Waals surface area contributed by atoms with Gasteiger partial charge in [-0.25, -0.2) is 9.59 Å². The number of carbonyl (C=O) groups excluding carboxylic acids is 2. The number of hydrogen-bond donors (Lipinski definition) is 0. The van der Waals surface area contributed by atoms with Crippen molar-refractivity contribution in [3.63, 3.8) is 0 Å². The third-order valence-electron chi connectivity index (χ3n) is 2.78. The smallest absolute Gasteiger partial charge is 0.343 e. The van der Waals surface area contributed by atoms with Gasteiger partial charge in [-0.15, -0.1) is 6.42 Å². The lowest BCUT2D eigenvalue weighted by molar-refractivity contribution is 0.0556. The molecule has 0 heterocycles. The molecule has 0 radical (unpaired) electrons. The van der Waals surface area contributed by atoms with Gasteiger partial charge in [-0.2, -0.15) is 0 Å². The van der Waals surface area contributed by atoms with E-state index in [1.165, 1.54) is 12.1 Å². The van der Waals surface area contributed by atoms with Gasteiger partial charge < -0.3 is 9.47 Å². The van der Waals surface area contributed by atoms with Crippen molar-refractivity contribution in [1.82, 2.24) is 0 Å². The molecule has 7 heteroatoms. The molecule has 0 saturated carbocycles. The lowest BCUT2D eigenvalue weighted by Crippen LogP contribution is -2.11. The van der Waals surface area contributed by atoms with Crippen LogP contribution in [-0.2, 0) is 4.74 Å². The molecule has 2 aromatic carbocycles. The molecule has 0 N–H and O–H groups in total. The van der Waals surface area contributed by atoms with E-state index in [0.29, 0.717) is 14.7 Å². The van der Waals surface area contributed by atoms with Crippen LogP contribution < -0.4 is 4.74 Å². The Kier molecular flexibility index (Phi) is 6.60. The number of esters is 2. The third-order valence-corrected chi connectivity index (χ3v) is 4.41. The molecule has 2 rings (SSSR count). The maximum Gasteiger partial charge on any atom is 0.343 e.